The molecule has 4 heteroatoms. The van der Waals surface area contributed by atoms with E-state index in [9.17, 15) is 0 Å². The fourth-order valence-electron chi connectivity index (χ4n) is 1.93. The third kappa shape index (κ3) is 2.32. The van der Waals surface area contributed by atoms with Crippen LogP contribution in [0.2, 0.25) is 0 Å². The Bertz CT molecular complexity index is 329. The van der Waals surface area contributed by atoms with Gasteiger partial charge in [-0.1, -0.05) is 0 Å². The van der Waals surface area contributed by atoms with Gasteiger partial charge in [-0.2, -0.15) is 0 Å². The van der Waals surface area contributed by atoms with Gasteiger partial charge in [0.25, 0.3) is 0 Å². The van der Waals surface area contributed by atoms with E-state index in [0.29, 0.717) is 6.10 Å². The van der Waals surface area contributed by atoms with Gasteiger partial charge in [0.2, 0.25) is 5.88 Å². The summed E-state index contributed by atoms with van der Waals surface area (Å²) < 4.78 is 5.87. The van der Waals surface area contributed by atoms with Crippen molar-refractivity contribution in [2.45, 2.75) is 37.7 Å². The Balaban J connectivity index is 1.60. The van der Waals surface area contributed by atoms with Crippen LogP contribution in [-0.4, -0.2) is 24.2 Å². The van der Waals surface area contributed by atoms with Gasteiger partial charge in [0.05, 0.1) is 10.4 Å². The molecule has 1 N–H and O–H groups in total. The van der Waals surface area contributed by atoms with Gasteiger partial charge >= 0.3 is 0 Å². The van der Waals surface area contributed by atoms with E-state index in [1.54, 1.807) is 11.3 Å². The van der Waals surface area contributed by atoms with Gasteiger partial charge in [-0.3, -0.25) is 0 Å². The highest BCUT2D eigenvalue weighted by atomic mass is 32.1. The Labute approximate surface area is 93.9 Å². The summed E-state index contributed by atoms with van der Waals surface area (Å²) in [4.78, 5) is 4.54. The predicted molar refractivity (Wildman–Crippen MR) is 60.6 cm³/mol. The minimum absolute atomic E-state index is 0.375. The van der Waals surface area contributed by atoms with E-state index in [1.165, 1.54) is 17.8 Å². The Morgan fingerprint density at radius 2 is 2.07 bits per heavy atom. The standard InChI is InChI=1S/C11H16N2OS/c1-2-8(1)11-13-10(7-15-11)14-9-3-5-12-6-4-9/h7-9,12H,1-6H2. The van der Waals surface area contributed by atoms with Crippen LogP contribution in [0.4, 0.5) is 0 Å². The number of nitrogens with zero attached hydrogens (tertiary/aromatic N) is 1. The van der Waals surface area contributed by atoms with Gasteiger partial charge in [-0.15, -0.1) is 11.3 Å². The number of thiazole rings is 1. The summed E-state index contributed by atoms with van der Waals surface area (Å²) >= 11 is 1.76. The molecule has 2 aliphatic rings. The third-order valence-electron chi connectivity index (χ3n) is 3.00. The molecule has 0 atom stereocenters. The summed E-state index contributed by atoms with van der Waals surface area (Å²) in [6, 6.07) is 0. The van der Waals surface area contributed by atoms with Gasteiger partial charge in [-0.05, 0) is 38.8 Å². The maximum absolute atomic E-state index is 5.87. The molecule has 0 spiro atoms. The number of piperidine rings is 1. The van der Waals surface area contributed by atoms with Crippen LogP contribution in [-0.2, 0) is 0 Å². The maximum Gasteiger partial charge on any atom is 0.224 e. The van der Waals surface area contributed by atoms with E-state index >= 15 is 0 Å². The Kier molecular flexibility index (Phi) is 2.63. The van der Waals surface area contributed by atoms with Gasteiger partial charge in [-0.25, -0.2) is 4.98 Å². The molecule has 1 saturated heterocycles. The lowest BCUT2D eigenvalue weighted by molar-refractivity contribution is 0.156. The molecule has 0 amide bonds. The second kappa shape index (κ2) is 4.10. The fourth-order valence-corrected chi connectivity index (χ4v) is 2.83. The highest BCUT2D eigenvalue weighted by Crippen LogP contribution is 2.42. The first-order valence-electron chi connectivity index (χ1n) is 5.74. The molecule has 0 radical (unpaired) electrons. The molecule has 82 valence electrons. The molecule has 1 aliphatic carbocycles. The Morgan fingerprint density at radius 3 is 2.80 bits per heavy atom. The maximum atomic E-state index is 5.87. The van der Waals surface area contributed by atoms with Crippen LogP contribution < -0.4 is 10.1 Å². The zero-order valence-corrected chi connectivity index (χ0v) is 9.55. The van der Waals surface area contributed by atoms with Crippen LogP contribution >= 0.6 is 11.3 Å². The van der Waals surface area contributed by atoms with Crippen molar-refractivity contribution in [3.8, 4) is 5.88 Å². The van der Waals surface area contributed by atoms with Crippen molar-refractivity contribution in [3.63, 3.8) is 0 Å². The molecule has 0 unspecified atom stereocenters. The van der Waals surface area contributed by atoms with E-state index in [4.69, 9.17) is 4.74 Å². The third-order valence-corrected chi connectivity index (χ3v) is 3.99. The molecular formula is C11H16N2OS. The first-order valence-corrected chi connectivity index (χ1v) is 6.62. The molecule has 0 bridgehead atoms. The van der Waals surface area contributed by atoms with Gasteiger partial charge < -0.3 is 10.1 Å². The van der Waals surface area contributed by atoms with E-state index < -0.39 is 0 Å². The van der Waals surface area contributed by atoms with Crippen LogP contribution in [0, 0.1) is 0 Å². The molecule has 3 rings (SSSR count). The molecule has 2 heterocycles. The zero-order chi connectivity index (χ0) is 10.1. The van der Waals surface area contributed by atoms with E-state index in [1.807, 2.05) is 0 Å². The van der Waals surface area contributed by atoms with Crippen molar-refractivity contribution in [2.75, 3.05) is 13.1 Å². The van der Waals surface area contributed by atoms with Crippen LogP contribution in [0.5, 0.6) is 5.88 Å². The van der Waals surface area contributed by atoms with E-state index in [-0.39, 0.29) is 0 Å². The van der Waals surface area contributed by atoms with Crippen molar-refractivity contribution in [1.29, 1.82) is 0 Å². The highest BCUT2D eigenvalue weighted by molar-refractivity contribution is 7.09. The second-order valence-corrected chi connectivity index (χ2v) is 5.26. The summed E-state index contributed by atoms with van der Waals surface area (Å²) in [6.45, 7) is 2.15. The van der Waals surface area contributed by atoms with Crippen molar-refractivity contribution in [1.82, 2.24) is 10.3 Å². The summed E-state index contributed by atoms with van der Waals surface area (Å²) in [5, 5.41) is 6.68. The van der Waals surface area contributed by atoms with Crippen LogP contribution in [0.15, 0.2) is 5.38 Å². The van der Waals surface area contributed by atoms with Gasteiger partial charge in [0.1, 0.15) is 6.10 Å². The number of hydrogen-bond acceptors (Lipinski definition) is 4. The SMILES string of the molecule is c1sc(C2CC2)nc1OC1CCNCC1. The first kappa shape index (κ1) is 9.60. The molecule has 1 aromatic heterocycles. The number of aromatic nitrogens is 1. The summed E-state index contributed by atoms with van der Waals surface area (Å²) in [5.41, 5.74) is 0. The normalized spacial score (nSPS) is 22.9. The van der Waals surface area contributed by atoms with Gasteiger partial charge in [0, 0.05) is 5.92 Å². The molecule has 15 heavy (non-hydrogen) atoms. The molecule has 3 nitrogen and oxygen atoms in total. The predicted octanol–water partition coefficient (Wildman–Crippen LogP) is 2.15. The molecule has 0 aromatic carbocycles. The topological polar surface area (TPSA) is 34.1 Å². The minimum Gasteiger partial charge on any atom is -0.474 e. The molecule has 1 aliphatic heterocycles. The Morgan fingerprint density at radius 1 is 1.27 bits per heavy atom. The summed E-state index contributed by atoms with van der Waals surface area (Å²) in [5.74, 6) is 1.61. The van der Waals surface area contributed by atoms with Crippen LogP contribution in [0.3, 0.4) is 0 Å². The smallest absolute Gasteiger partial charge is 0.224 e. The lowest BCUT2D eigenvalue weighted by Crippen LogP contribution is -2.34. The van der Waals surface area contributed by atoms with Crippen molar-refractivity contribution in [2.24, 2.45) is 0 Å². The van der Waals surface area contributed by atoms with E-state index in [2.05, 4.69) is 15.7 Å². The van der Waals surface area contributed by atoms with Gasteiger partial charge in [0.15, 0.2) is 0 Å². The lowest BCUT2D eigenvalue weighted by Gasteiger charge is -2.22. The molecule has 2 fully saturated rings. The second-order valence-electron chi connectivity index (χ2n) is 4.37. The number of hydrogen-bond donors (Lipinski definition) is 1. The Hall–Kier alpha value is -0.610. The van der Waals surface area contributed by atoms with Crippen LogP contribution in [0.1, 0.15) is 36.6 Å². The lowest BCUT2D eigenvalue weighted by atomic mass is 10.1. The fraction of sp³-hybridized carbons (Fsp3) is 0.727. The summed E-state index contributed by atoms with van der Waals surface area (Å²) in [7, 11) is 0. The largest absolute Gasteiger partial charge is 0.474 e. The first-order chi connectivity index (χ1) is 7.42. The molecular weight excluding hydrogens is 208 g/mol. The highest BCUT2D eigenvalue weighted by Gasteiger charge is 2.27. The monoisotopic (exact) mass is 224 g/mol. The number of rotatable bonds is 3. The average molecular weight is 224 g/mol. The zero-order valence-electron chi connectivity index (χ0n) is 8.74. The number of ether oxygens (including phenoxy) is 1. The van der Waals surface area contributed by atoms with Crippen molar-refractivity contribution in [3.05, 3.63) is 10.4 Å². The van der Waals surface area contributed by atoms with Crippen molar-refractivity contribution < 1.29 is 4.74 Å². The molecule has 1 aromatic rings. The van der Waals surface area contributed by atoms with Crippen molar-refractivity contribution >= 4 is 11.3 Å². The van der Waals surface area contributed by atoms with E-state index in [0.717, 1.165) is 37.7 Å². The molecule has 1 saturated carbocycles. The number of nitrogens with one attached hydrogen (secondary N) is 1. The van der Waals surface area contributed by atoms with Crippen LogP contribution in [0.25, 0.3) is 0 Å². The summed E-state index contributed by atoms with van der Waals surface area (Å²) in [6.07, 6.45) is 5.23. The average Bonchev–Trinajstić information content (AvgIpc) is 3.02. The minimum atomic E-state index is 0.375. The quantitative estimate of drug-likeness (QED) is 0.854.